The van der Waals surface area contributed by atoms with Gasteiger partial charge in [-0.1, -0.05) is 24.3 Å². The van der Waals surface area contributed by atoms with Crippen LogP contribution in [0.15, 0.2) is 61.2 Å². The van der Waals surface area contributed by atoms with Crippen molar-refractivity contribution in [1.29, 1.82) is 0 Å². The highest BCUT2D eigenvalue weighted by Crippen LogP contribution is 2.36. The minimum Gasteiger partial charge on any atom is -0.353 e. The number of aromatic nitrogens is 3. The molecule has 3 heterocycles. The Balaban J connectivity index is 1.56. The van der Waals surface area contributed by atoms with Gasteiger partial charge in [0.2, 0.25) is 11.8 Å². The van der Waals surface area contributed by atoms with E-state index < -0.39 is 5.41 Å². The zero-order valence-electron chi connectivity index (χ0n) is 19.5. The van der Waals surface area contributed by atoms with Gasteiger partial charge in [0.05, 0.1) is 11.6 Å². The third-order valence-corrected chi connectivity index (χ3v) is 6.15. The van der Waals surface area contributed by atoms with E-state index in [0.717, 1.165) is 22.3 Å². The van der Waals surface area contributed by atoms with Crippen molar-refractivity contribution >= 4 is 11.8 Å². The molecule has 1 aliphatic heterocycles. The lowest BCUT2D eigenvalue weighted by Gasteiger charge is -2.29. The van der Waals surface area contributed by atoms with E-state index in [1.165, 1.54) is 0 Å². The summed E-state index contributed by atoms with van der Waals surface area (Å²) < 4.78 is 1.66. The number of nitrogens with zero attached hydrogens (tertiary/aromatic N) is 4. The summed E-state index contributed by atoms with van der Waals surface area (Å²) in [6, 6.07) is 12.3. The van der Waals surface area contributed by atoms with E-state index >= 15 is 0 Å². The first-order valence-corrected chi connectivity index (χ1v) is 11.4. The van der Waals surface area contributed by atoms with Gasteiger partial charge in [-0.25, -0.2) is 0 Å². The predicted molar refractivity (Wildman–Crippen MR) is 127 cm³/mol. The molecule has 0 aliphatic carbocycles. The fourth-order valence-electron chi connectivity index (χ4n) is 4.50. The Morgan fingerprint density at radius 2 is 1.94 bits per heavy atom. The minimum absolute atomic E-state index is 0.0112. The maximum atomic E-state index is 13.4. The first kappa shape index (κ1) is 22.7. The molecule has 33 heavy (non-hydrogen) atoms. The van der Waals surface area contributed by atoms with Crippen LogP contribution in [0.4, 0.5) is 0 Å². The second-order valence-electron chi connectivity index (χ2n) is 9.30. The number of benzene rings is 1. The number of amides is 2. The molecule has 7 nitrogen and oxygen atoms in total. The Morgan fingerprint density at radius 1 is 1.15 bits per heavy atom. The van der Waals surface area contributed by atoms with Gasteiger partial charge >= 0.3 is 0 Å². The van der Waals surface area contributed by atoms with Crippen LogP contribution in [0.3, 0.4) is 0 Å². The molecule has 1 aromatic carbocycles. The van der Waals surface area contributed by atoms with Crippen LogP contribution in [0.1, 0.15) is 31.4 Å². The number of nitrogens with one attached hydrogen (secondary N) is 1. The Bertz CT molecular complexity index is 1120. The quantitative estimate of drug-likeness (QED) is 0.606. The third kappa shape index (κ3) is 5.30. The van der Waals surface area contributed by atoms with Gasteiger partial charge in [-0.3, -0.25) is 19.3 Å². The number of carbonyl (C=O) groups is 2. The van der Waals surface area contributed by atoms with Gasteiger partial charge in [-0.2, -0.15) is 5.10 Å². The molecule has 1 saturated heterocycles. The van der Waals surface area contributed by atoms with Crippen molar-refractivity contribution in [2.75, 3.05) is 13.1 Å². The minimum atomic E-state index is -0.656. The second kappa shape index (κ2) is 9.57. The van der Waals surface area contributed by atoms with E-state index in [-0.39, 0.29) is 24.4 Å². The number of pyridine rings is 1. The van der Waals surface area contributed by atoms with Crippen molar-refractivity contribution in [2.24, 2.45) is 5.41 Å². The highest BCUT2D eigenvalue weighted by molar-refractivity contribution is 5.86. The van der Waals surface area contributed by atoms with Crippen molar-refractivity contribution in [3.63, 3.8) is 0 Å². The number of aryl methyl sites for hydroxylation is 1. The van der Waals surface area contributed by atoms with Crippen molar-refractivity contribution in [3.05, 3.63) is 72.3 Å². The molecule has 172 valence electrons. The summed E-state index contributed by atoms with van der Waals surface area (Å²) in [5, 5.41) is 7.33. The molecule has 0 radical (unpaired) electrons. The largest absolute Gasteiger partial charge is 0.353 e. The summed E-state index contributed by atoms with van der Waals surface area (Å²) in [7, 11) is 0. The molecule has 1 N–H and O–H groups in total. The molecule has 0 bridgehead atoms. The van der Waals surface area contributed by atoms with E-state index in [1.807, 2.05) is 50.1 Å². The van der Waals surface area contributed by atoms with Crippen LogP contribution in [0.2, 0.25) is 0 Å². The van der Waals surface area contributed by atoms with Crippen LogP contribution in [-0.2, 0) is 22.6 Å². The van der Waals surface area contributed by atoms with Crippen molar-refractivity contribution in [2.45, 2.75) is 46.2 Å². The third-order valence-electron chi connectivity index (χ3n) is 6.15. The van der Waals surface area contributed by atoms with E-state index in [0.29, 0.717) is 25.9 Å². The summed E-state index contributed by atoms with van der Waals surface area (Å²) in [5.74, 6) is -0.0000870. The van der Waals surface area contributed by atoms with Crippen LogP contribution in [0.25, 0.3) is 11.1 Å². The van der Waals surface area contributed by atoms with Gasteiger partial charge in [0, 0.05) is 37.7 Å². The van der Waals surface area contributed by atoms with Gasteiger partial charge in [-0.15, -0.1) is 0 Å². The summed E-state index contributed by atoms with van der Waals surface area (Å²) >= 11 is 0. The zero-order chi connectivity index (χ0) is 23.4. The number of carbonyl (C=O) groups excluding carboxylic acids is 2. The number of hydrogen-bond acceptors (Lipinski definition) is 4. The maximum Gasteiger partial charge on any atom is 0.244 e. The molecular weight excluding hydrogens is 414 g/mol. The lowest BCUT2D eigenvalue weighted by molar-refractivity contribution is -0.134. The molecule has 0 unspecified atom stereocenters. The number of rotatable bonds is 7. The Hall–Kier alpha value is -3.48. The average molecular weight is 446 g/mol. The van der Waals surface area contributed by atoms with Crippen molar-refractivity contribution in [3.8, 4) is 11.1 Å². The van der Waals surface area contributed by atoms with E-state index in [4.69, 9.17) is 0 Å². The van der Waals surface area contributed by atoms with Crippen LogP contribution in [0, 0.1) is 12.3 Å². The van der Waals surface area contributed by atoms with Gasteiger partial charge in [-0.05, 0) is 68.0 Å². The van der Waals surface area contributed by atoms with Crippen molar-refractivity contribution < 1.29 is 9.59 Å². The fraction of sp³-hybridized carbons (Fsp3) is 0.385. The first-order chi connectivity index (χ1) is 15.8. The van der Waals surface area contributed by atoms with Gasteiger partial charge in [0.1, 0.15) is 6.54 Å². The van der Waals surface area contributed by atoms with Crippen LogP contribution < -0.4 is 5.32 Å². The Morgan fingerprint density at radius 3 is 2.64 bits per heavy atom. The summed E-state index contributed by atoms with van der Waals surface area (Å²) in [4.78, 5) is 32.3. The normalized spacial score (nSPS) is 18.0. The predicted octanol–water partition coefficient (Wildman–Crippen LogP) is 3.24. The standard InChI is InChI=1S/C26H31N5O2/c1-19(2)29-25(33)26(9-12-30(18-26)24(32)17-31-16-20(3)15-28-31)14-21-5-4-6-23(13-21)22-7-10-27-11-8-22/h4-8,10-11,13,15-16,19H,9,12,14,17-18H2,1-3H3,(H,29,33)/t26-/m0/s1. The van der Waals surface area contributed by atoms with E-state index in [9.17, 15) is 9.59 Å². The molecule has 0 saturated carbocycles. The zero-order valence-corrected chi connectivity index (χ0v) is 19.5. The smallest absolute Gasteiger partial charge is 0.244 e. The lowest BCUT2D eigenvalue weighted by atomic mass is 9.79. The van der Waals surface area contributed by atoms with E-state index in [2.05, 4.69) is 33.6 Å². The van der Waals surface area contributed by atoms with Crippen LogP contribution in [-0.4, -0.2) is 50.6 Å². The van der Waals surface area contributed by atoms with Crippen LogP contribution >= 0.6 is 0 Å². The molecule has 3 aromatic rings. The highest BCUT2D eigenvalue weighted by Gasteiger charge is 2.46. The molecule has 0 spiro atoms. The van der Waals surface area contributed by atoms with Gasteiger partial charge in [0.25, 0.3) is 0 Å². The maximum absolute atomic E-state index is 13.4. The van der Waals surface area contributed by atoms with Gasteiger partial charge in [0.15, 0.2) is 0 Å². The molecular formula is C26H31N5O2. The number of likely N-dealkylation sites (tertiary alicyclic amines) is 1. The van der Waals surface area contributed by atoms with E-state index in [1.54, 1.807) is 23.3 Å². The van der Waals surface area contributed by atoms with Crippen LogP contribution in [0.5, 0.6) is 0 Å². The SMILES string of the molecule is Cc1cnn(CC(=O)N2CC[C@@](Cc3cccc(-c4ccncc4)c3)(C(=O)NC(C)C)C2)c1. The molecule has 7 heteroatoms. The topological polar surface area (TPSA) is 80.1 Å². The summed E-state index contributed by atoms with van der Waals surface area (Å²) in [6.45, 7) is 7.04. The Labute approximate surface area is 194 Å². The first-order valence-electron chi connectivity index (χ1n) is 11.4. The molecule has 2 aromatic heterocycles. The molecule has 1 fully saturated rings. The number of hydrogen-bond donors (Lipinski definition) is 1. The summed E-state index contributed by atoms with van der Waals surface area (Å²) in [6.07, 6.45) is 8.37. The molecule has 2 amide bonds. The monoisotopic (exact) mass is 445 g/mol. The highest BCUT2D eigenvalue weighted by atomic mass is 16.2. The van der Waals surface area contributed by atoms with Crippen molar-refractivity contribution in [1.82, 2.24) is 25.0 Å². The molecule has 1 aliphatic rings. The molecule has 4 rings (SSSR count). The Kier molecular flexibility index (Phi) is 6.58. The fourth-order valence-corrected chi connectivity index (χ4v) is 4.50. The lowest BCUT2D eigenvalue weighted by Crippen LogP contribution is -2.47. The van der Waals surface area contributed by atoms with Gasteiger partial charge < -0.3 is 10.2 Å². The molecule has 1 atom stereocenters. The second-order valence-corrected chi connectivity index (χ2v) is 9.30. The summed E-state index contributed by atoms with van der Waals surface area (Å²) in [5.41, 5.74) is 3.63. The average Bonchev–Trinajstić information content (AvgIpc) is 3.41.